The van der Waals surface area contributed by atoms with E-state index in [1.165, 1.54) is 25.7 Å². The van der Waals surface area contributed by atoms with Gasteiger partial charge in [-0.3, -0.25) is 9.79 Å². The van der Waals surface area contributed by atoms with E-state index in [1.807, 2.05) is 18.2 Å². The minimum atomic E-state index is -0.485. The Morgan fingerprint density at radius 2 is 2.08 bits per heavy atom. The number of primary amides is 1. The minimum Gasteiger partial charge on any atom is -0.484 e. The van der Waals surface area contributed by atoms with Gasteiger partial charge in [-0.2, -0.15) is 0 Å². The van der Waals surface area contributed by atoms with Crippen molar-refractivity contribution >= 4 is 35.8 Å². The molecule has 6 nitrogen and oxygen atoms in total. The summed E-state index contributed by atoms with van der Waals surface area (Å²) < 4.78 is 5.32. The van der Waals surface area contributed by atoms with E-state index in [-0.39, 0.29) is 30.6 Å². The highest BCUT2D eigenvalue weighted by Gasteiger charge is 2.07. The first kappa shape index (κ1) is 24.5. The van der Waals surface area contributed by atoms with Gasteiger partial charge in [0.25, 0.3) is 5.91 Å². The van der Waals surface area contributed by atoms with Crippen LogP contribution in [0.2, 0.25) is 0 Å². The van der Waals surface area contributed by atoms with Crippen LogP contribution in [0.3, 0.4) is 0 Å². The van der Waals surface area contributed by atoms with Gasteiger partial charge in [0.2, 0.25) is 0 Å². The van der Waals surface area contributed by atoms with E-state index < -0.39 is 5.91 Å². The van der Waals surface area contributed by atoms with Crippen molar-refractivity contribution in [3.63, 3.8) is 0 Å². The molecule has 0 aliphatic heterocycles. The van der Waals surface area contributed by atoms with Crippen LogP contribution in [0, 0.1) is 5.92 Å². The van der Waals surface area contributed by atoms with Gasteiger partial charge in [0.1, 0.15) is 5.75 Å². The van der Waals surface area contributed by atoms with E-state index in [2.05, 4.69) is 29.5 Å². The SMILES string of the molecule is CCCCC(CC)CNC(=NC)NCc1cccc(OCC(N)=O)c1.I. The van der Waals surface area contributed by atoms with Crippen molar-refractivity contribution in [2.24, 2.45) is 16.6 Å². The summed E-state index contributed by atoms with van der Waals surface area (Å²) >= 11 is 0. The number of halogens is 1. The zero-order valence-corrected chi connectivity index (χ0v) is 18.4. The van der Waals surface area contributed by atoms with Crippen LogP contribution in [-0.2, 0) is 11.3 Å². The van der Waals surface area contributed by atoms with Gasteiger partial charge in [-0.15, -0.1) is 24.0 Å². The lowest BCUT2D eigenvalue weighted by Gasteiger charge is -2.18. The lowest BCUT2D eigenvalue weighted by atomic mass is 9.99. The first-order chi connectivity index (χ1) is 12.1. The molecular formula is C19H33IN4O2. The largest absolute Gasteiger partial charge is 0.484 e. The molecule has 0 radical (unpaired) electrons. The normalized spacial score (nSPS) is 12.0. The van der Waals surface area contributed by atoms with E-state index in [4.69, 9.17) is 10.5 Å². The second-order valence-corrected chi connectivity index (χ2v) is 6.13. The monoisotopic (exact) mass is 476 g/mol. The van der Waals surface area contributed by atoms with Gasteiger partial charge >= 0.3 is 0 Å². The number of carbonyl (C=O) groups excluding carboxylic acids is 1. The standard InChI is InChI=1S/C19H32N4O2.HI/c1-4-6-8-15(5-2)12-22-19(21-3)23-13-16-9-7-10-17(11-16)25-14-18(20)24;/h7,9-11,15H,4-6,8,12-14H2,1-3H3,(H2,20,24)(H2,21,22,23);1H. The second kappa shape index (κ2) is 14.6. The summed E-state index contributed by atoms with van der Waals surface area (Å²) in [5.41, 5.74) is 6.14. The second-order valence-electron chi connectivity index (χ2n) is 6.13. The maximum atomic E-state index is 10.8. The number of aliphatic imine (C=N–C) groups is 1. The average Bonchev–Trinajstić information content (AvgIpc) is 2.62. The van der Waals surface area contributed by atoms with Crippen molar-refractivity contribution in [2.45, 2.75) is 46.1 Å². The lowest BCUT2D eigenvalue weighted by molar-refractivity contribution is -0.119. The van der Waals surface area contributed by atoms with Gasteiger partial charge in [0.05, 0.1) is 0 Å². The molecule has 0 aromatic heterocycles. The number of ether oxygens (including phenoxy) is 1. The molecule has 0 aliphatic rings. The van der Waals surface area contributed by atoms with Gasteiger partial charge in [-0.25, -0.2) is 0 Å². The highest BCUT2D eigenvalue weighted by atomic mass is 127. The van der Waals surface area contributed by atoms with E-state index in [1.54, 1.807) is 13.1 Å². The topological polar surface area (TPSA) is 88.7 Å². The molecule has 0 fully saturated rings. The maximum absolute atomic E-state index is 10.8. The first-order valence-electron chi connectivity index (χ1n) is 9.03. The Labute approximate surface area is 174 Å². The van der Waals surface area contributed by atoms with E-state index >= 15 is 0 Å². The zero-order valence-electron chi connectivity index (χ0n) is 16.1. The summed E-state index contributed by atoms with van der Waals surface area (Å²) in [4.78, 5) is 15.1. The van der Waals surface area contributed by atoms with Crippen LogP contribution in [0.4, 0.5) is 0 Å². The van der Waals surface area contributed by atoms with Crippen LogP contribution in [-0.4, -0.2) is 32.1 Å². The summed E-state index contributed by atoms with van der Waals surface area (Å²) in [5, 5.41) is 6.71. The fourth-order valence-corrected chi connectivity index (χ4v) is 2.49. The summed E-state index contributed by atoms with van der Waals surface area (Å²) in [6.07, 6.45) is 4.92. The number of rotatable bonds is 11. The van der Waals surface area contributed by atoms with Gasteiger partial charge < -0.3 is 21.1 Å². The summed E-state index contributed by atoms with van der Waals surface area (Å²) in [6, 6.07) is 7.58. The highest BCUT2D eigenvalue weighted by molar-refractivity contribution is 14.0. The average molecular weight is 476 g/mol. The smallest absolute Gasteiger partial charge is 0.255 e. The number of nitrogens with zero attached hydrogens (tertiary/aromatic N) is 1. The Morgan fingerprint density at radius 1 is 1.31 bits per heavy atom. The molecule has 26 heavy (non-hydrogen) atoms. The molecule has 1 rings (SSSR count). The Hall–Kier alpha value is -1.51. The van der Waals surface area contributed by atoms with Crippen molar-refractivity contribution in [2.75, 3.05) is 20.2 Å². The number of carbonyl (C=O) groups is 1. The number of amides is 1. The van der Waals surface area contributed by atoms with Crippen molar-refractivity contribution < 1.29 is 9.53 Å². The lowest BCUT2D eigenvalue weighted by Crippen LogP contribution is -2.39. The van der Waals surface area contributed by atoms with Crippen LogP contribution in [0.25, 0.3) is 0 Å². The molecule has 1 aromatic carbocycles. The number of unbranched alkanes of at least 4 members (excludes halogenated alkanes) is 1. The van der Waals surface area contributed by atoms with Crippen molar-refractivity contribution in [1.29, 1.82) is 0 Å². The van der Waals surface area contributed by atoms with Crippen molar-refractivity contribution in [3.8, 4) is 5.75 Å². The minimum absolute atomic E-state index is 0. The van der Waals surface area contributed by atoms with Crippen LogP contribution < -0.4 is 21.1 Å². The third-order valence-corrected chi connectivity index (χ3v) is 4.06. The van der Waals surface area contributed by atoms with Crippen LogP contribution >= 0.6 is 24.0 Å². The summed E-state index contributed by atoms with van der Waals surface area (Å²) in [5.74, 6) is 1.61. The highest BCUT2D eigenvalue weighted by Crippen LogP contribution is 2.13. The number of benzene rings is 1. The Bertz CT molecular complexity index is 552. The fraction of sp³-hybridized carbons (Fsp3) is 0.579. The van der Waals surface area contributed by atoms with Gasteiger partial charge in [-0.1, -0.05) is 45.2 Å². The number of hydrogen-bond acceptors (Lipinski definition) is 3. The Morgan fingerprint density at radius 3 is 2.69 bits per heavy atom. The Kier molecular flexibility index (Phi) is 13.8. The molecule has 1 aromatic rings. The van der Waals surface area contributed by atoms with Crippen molar-refractivity contribution in [3.05, 3.63) is 29.8 Å². The molecular weight excluding hydrogens is 443 g/mol. The number of hydrogen-bond donors (Lipinski definition) is 3. The van der Waals surface area contributed by atoms with Crippen LogP contribution in [0.1, 0.15) is 45.1 Å². The molecule has 0 heterocycles. The van der Waals surface area contributed by atoms with Crippen LogP contribution in [0.5, 0.6) is 5.75 Å². The predicted octanol–water partition coefficient (Wildman–Crippen LogP) is 3.05. The van der Waals surface area contributed by atoms with E-state index in [9.17, 15) is 4.79 Å². The van der Waals surface area contributed by atoms with Crippen molar-refractivity contribution in [1.82, 2.24) is 10.6 Å². The predicted molar refractivity (Wildman–Crippen MR) is 118 cm³/mol. The van der Waals surface area contributed by atoms with Gasteiger partial charge in [0, 0.05) is 20.1 Å². The molecule has 148 valence electrons. The maximum Gasteiger partial charge on any atom is 0.255 e. The molecule has 1 atom stereocenters. The molecule has 1 unspecified atom stereocenters. The molecule has 0 spiro atoms. The van der Waals surface area contributed by atoms with Crippen LogP contribution in [0.15, 0.2) is 29.3 Å². The molecule has 0 saturated carbocycles. The van der Waals surface area contributed by atoms with E-state index in [0.29, 0.717) is 18.2 Å². The third kappa shape index (κ3) is 10.5. The fourth-order valence-electron chi connectivity index (χ4n) is 2.49. The van der Waals surface area contributed by atoms with Gasteiger partial charge in [-0.05, 0) is 30.0 Å². The molecule has 4 N–H and O–H groups in total. The quantitative estimate of drug-likeness (QED) is 0.260. The Balaban J connectivity index is 0.00000625. The molecule has 0 bridgehead atoms. The zero-order chi connectivity index (χ0) is 18.5. The van der Waals surface area contributed by atoms with Gasteiger partial charge in [0.15, 0.2) is 12.6 Å². The number of nitrogens with two attached hydrogens (primary N) is 1. The molecule has 0 saturated heterocycles. The molecule has 0 aliphatic carbocycles. The number of nitrogens with one attached hydrogen (secondary N) is 2. The van der Waals surface area contributed by atoms with E-state index in [0.717, 1.165) is 18.1 Å². The number of guanidine groups is 1. The summed E-state index contributed by atoms with van der Waals surface area (Å²) in [7, 11) is 1.77. The first-order valence-corrected chi connectivity index (χ1v) is 9.03. The summed E-state index contributed by atoms with van der Waals surface area (Å²) in [6.45, 7) is 5.89. The molecule has 1 amide bonds. The molecule has 7 heteroatoms. The third-order valence-electron chi connectivity index (χ3n) is 4.06.